The summed E-state index contributed by atoms with van der Waals surface area (Å²) >= 11 is 0. The van der Waals surface area contributed by atoms with Crippen molar-refractivity contribution in [3.63, 3.8) is 0 Å². The summed E-state index contributed by atoms with van der Waals surface area (Å²) in [4.78, 5) is 0. The first kappa shape index (κ1) is 35.5. The van der Waals surface area contributed by atoms with Gasteiger partial charge in [0, 0.05) is 12.3 Å². The molecule has 2 aromatic rings. The summed E-state index contributed by atoms with van der Waals surface area (Å²) in [6, 6.07) is 9.20. The van der Waals surface area contributed by atoms with Gasteiger partial charge >= 0.3 is 0 Å². The second kappa shape index (κ2) is 14.3. The smallest absolute Gasteiger partial charge is 0.186 e. The molecule has 0 aromatic heterocycles. The molecule has 3 aliphatic rings. The highest BCUT2D eigenvalue weighted by Crippen LogP contribution is 2.45. The van der Waals surface area contributed by atoms with Crippen molar-refractivity contribution in [1.82, 2.24) is 0 Å². The summed E-state index contributed by atoms with van der Waals surface area (Å²) in [7, 11) is 2.78. The molecule has 2 aromatic carbocycles. The Morgan fingerprint density at radius 2 is 1.40 bits per heavy atom. The first-order valence-corrected chi connectivity index (χ1v) is 15.0. The van der Waals surface area contributed by atoms with Crippen molar-refractivity contribution < 1.29 is 79.1 Å². The molecule has 3 aliphatic heterocycles. The van der Waals surface area contributed by atoms with Crippen LogP contribution in [-0.2, 0) is 30.1 Å². The van der Waals surface area contributed by atoms with Gasteiger partial charge in [-0.3, -0.25) is 0 Å². The quantitative estimate of drug-likeness (QED) is 0.119. The standard InChI is InChI=1S/C31H42O16/c1-41-20-7-15(3-5-18(20)33)9-30(39)13-45-26(16-4-6-19(34)21(8-16)42-2)17(30)10-43-28-25(37)24(36)23(35)22(47-28)11-44-29-27(38)31(40,12-32)14-46-29/h3-8,17,22-29,32-40H,9-14H2,1-2H3. The lowest BCUT2D eigenvalue weighted by atomic mass is 9.80. The lowest BCUT2D eigenvalue weighted by molar-refractivity contribution is -0.313. The van der Waals surface area contributed by atoms with Gasteiger partial charge in [0.1, 0.15) is 36.1 Å². The molecule has 0 saturated carbocycles. The van der Waals surface area contributed by atoms with E-state index in [-0.39, 0.29) is 42.6 Å². The second-order valence-electron chi connectivity index (χ2n) is 12.1. The van der Waals surface area contributed by atoms with Crippen LogP contribution < -0.4 is 9.47 Å². The summed E-state index contributed by atoms with van der Waals surface area (Å²) < 4.78 is 38.9. The molecule has 16 nitrogen and oxygen atoms in total. The number of aliphatic hydroxyl groups excluding tert-OH is 5. The van der Waals surface area contributed by atoms with E-state index in [9.17, 15) is 46.0 Å². The Bertz CT molecular complexity index is 1360. The average molecular weight is 671 g/mol. The zero-order valence-corrected chi connectivity index (χ0v) is 25.8. The van der Waals surface area contributed by atoms with Crippen molar-refractivity contribution in [2.45, 2.75) is 66.8 Å². The number of hydrogen-bond donors (Lipinski definition) is 9. The van der Waals surface area contributed by atoms with Crippen molar-refractivity contribution in [2.24, 2.45) is 5.92 Å². The van der Waals surface area contributed by atoms with Crippen LogP contribution >= 0.6 is 0 Å². The predicted octanol–water partition coefficient (Wildman–Crippen LogP) is -1.94. The van der Waals surface area contributed by atoms with Crippen LogP contribution in [-0.4, -0.2) is 148 Å². The zero-order valence-electron chi connectivity index (χ0n) is 25.8. The zero-order chi connectivity index (χ0) is 34.1. The summed E-state index contributed by atoms with van der Waals surface area (Å²) in [6.07, 6.45) is -11.7. The first-order valence-electron chi connectivity index (χ1n) is 15.0. The van der Waals surface area contributed by atoms with Crippen molar-refractivity contribution in [3.05, 3.63) is 47.5 Å². The highest BCUT2D eigenvalue weighted by Gasteiger charge is 2.52. The minimum absolute atomic E-state index is 0.0270. The Kier molecular flexibility index (Phi) is 10.8. The summed E-state index contributed by atoms with van der Waals surface area (Å²) in [5, 5.41) is 94.0. The number of rotatable bonds is 12. The van der Waals surface area contributed by atoms with Crippen LogP contribution in [0.15, 0.2) is 36.4 Å². The van der Waals surface area contributed by atoms with Crippen LogP contribution in [0.2, 0.25) is 0 Å². The largest absolute Gasteiger partial charge is 0.504 e. The van der Waals surface area contributed by atoms with Gasteiger partial charge < -0.3 is 79.1 Å². The van der Waals surface area contributed by atoms with Crippen LogP contribution in [0.1, 0.15) is 17.2 Å². The number of aliphatic hydroxyl groups is 7. The topological polar surface area (TPSA) is 247 Å². The molecule has 16 heteroatoms. The Labute approximate surface area is 269 Å². The van der Waals surface area contributed by atoms with Crippen LogP contribution in [0, 0.1) is 5.92 Å². The maximum Gasteiger partial charge on any atom is 0.186 e. The Balaban J connectivity index is 1.34. The molecule has 0 radical (unpaired) electrons. The van der Waals surface area contributed by atoms with Gasteiger partial charge in [0.15, 0.2) is 35.6 Å². The molecule has 47 heavy (non-hydrogen) atoms. The fraction of sp³-hybridized carbons (Fsp3) is 0.613. The van der Waals surface area contributed by atoms with Crippen LogP contribution in [0.5, 0.6) is 23.0 Å². The molecule has 0 spiro atoms. The highest BCUT2D eigenvalue weighted by molar-refractivity contribution is 5.44. The summed E-state index contributed by atoms with van der Waals surface area (Å²) in [6.45, 7) is -2.12. The maximum absolute atomic E-state index is 12.0. The first-order chi connectivity index (χ1) is 22.3. The van der Waals surface area contributed by atoms with Gasteiger partial charge in [-0.05, 0) is 35.4 Å². The number of phenols is 2. The number of phenolic OH excluding ortho intramolecular Hbond substituents is 2. The fourth-order valence-corrected chi connectivity index (χ4v) is 6.06. The van der Waals surface area contributed by atoms with Gasteiger partial charge in [-0.15, -0.1) is 0 Å². The molecule has 11 atom stereocenters. The summed E-state index contributed by atoms with van der Waals surface area (Å²) in [5.41, 5.74) is -2.38. The molecule has 0 amide bonds. The molecule has 9 N–H and O–H groups in total. The summed E-state index contributed by atoms with van der Waals surface area (Å²) in [5.74, 6) is -0.660. The number of ether oxygens (including phenoxy) is 7. The van der Waals surface area contributed by atoms with Gasteiger partial charge in [-0.25, -0.2) is 0 Å². The number of benzene rings is 2. The van der Waals surface area contributed by atoms with Crippen molar-refractivity contribution in [1.29, 1.82) is 0 Å². The Morgan fingerprint density at radius 3 is 2.06 bits per heavy atom. The lowest BCUT2D eigenvalue weighted by Gasteiger charge is -2.41. The minimum atomic E-state index is -1.94. The third kappa shape index (κ3) is 7.15. The van der Waals surface area contributed by atoms with Crippen LogP contribution in [0.3, 0.4) is 0 Å². The van der Waals surface area contributed by atoms with Crippen LogP contribution in [0.25, 0.3) is 0 Å². The maximum atomic E-state index is 12.0. The van der Waals surface area contributed by atoms with Gasteiger partial charge in [-0.2, -0.15) is 0 Å². The molecular weight excluding hydrogens is 628 g/mol. The SMILES string of the molecule is COc1cc(CC2(O)COC(c3ccc(O)c(OC)c3)C2COC2OC(COC3OCC(O)(CO)C3O)C(O)C(O)C2O)ccc1O. The molecule has 11 unspecified atom stereocenters. The number of hydrogen-bond acceptors (Lipinski definition) is 16. The van der Waals surface area contributed by atoms with Gasteiger partial charge in [0.25, 0.3) is 0 Å². The van der Waals surface area contributed by atoms with Gasteiger partial charge in [0.05, 0.1) is 59.0 Å². The van der Waals surface area contributed by atoms with E-state index in [1.165, 1.54) is 26.4 Å². The second-order valence-corrected chi connectivity index (χ2v) is 12.1. The Hall–Kier alpha value is -2.84. The van der Waals surface area contributed by atoms with E-state index in [2.05, 4.69) is 0 Å². The average Bonchev–Trinajstić information content (AvgIpc) is 3.54. The highest BCUT2D eigenvalue weighted by atomic mass is 16.7. The van der Waals surface area contributed by atoms with E-state index >= 15 is 0 Å². The minimum Gasteiger partial charge on any atom is -0.504 e. The number of methoxy groups -OCH3 is 2. The Morgan fingerprint density at radius 1 is 0.766 bits per heavy atom. The predicted molar refractivity (Wildman–Crippen MR) is 157 cm³/mol. The molecule has 262 valence electrons. The lowest BCUT2D eigenvalue weighted by Crippen LogP contribution is -2.60. The van der Waals surface area contributed by atoms with Crippen LogP contribution in [0.4, 0.5) is 0 Å². The van der Waals surface area contributed by atoms with E-state index in [0.717, 1.165) is 0 Å². The molecule has 5 rings (SSSR count). The molecular formula is C31H42O16. The molecule has 3 saturated heterocycles. The normalized spacial score (nSPS) is 37.3. The van der Waals surface area contributed by atoms with E-state index in [1.807, 2.05) is 0 Å². The van der Waals surface area contributed by atoms with E-state index < -0.39 is 86.1 Å². The fourth-order valence-electron chi connectivity index (χ4n) is 6.06. The third-order valence-electron chi connectivity index (χ3n) is 8.97. The van der Waals surface area contributed by atoms with E-state index in [1.54, 1.807) is 24.3 Å². The molecule has 0 bridgehead atoms. The monoisotopic (exact) mass is 670 g/mol. The molecule has 3 fully saturated rings. The van der Waals surface area contributed by atoms with E-state index in [0.29, 0.717) is 11.1 Å². The van der Waals surface area contributed by atoms with Gasteiger partial charge in [-0.1, -0.05) is 12.1 Å². The number of aromatic hydroxyl groups is 2. The van der Waals surface area contributed by atoms with Crippen molar-refractivity contribution >= 4 is 0 Å². The molecule has 0 aliphatic carbocycles. The van der Waals surface area contributed by atoms with Crippen molar-refractivity contribution in [3.8, 4) is 23.0 Å². The van der Waals surface area contributed by atoms with Crippen molar-refractivity contribution in [2.75, 3.05) is 47.3 Å². The third-order valence-corrected chi connectivity index (χ3v) is 8.97. The molecule has 3 heterocycles. The van der Waals surface area contributed by atoms with E-state index in [4.69, 9.17) is 33.2 Å². The van der Waals surface area contributed by atoms with Gasteiger partial charge in [0.2, 0.25) is 0 Å².